The van der Waals surface area contributed by atoms with Gasteiger partial charge < -0.3 is 15.2 Å². The summed E-state index contributed by atoms with van der Waals surface area (Å²) in [6.45, 7) is 2.86. The fraction of sp³-hybridized carbons (Fsp3) is 0.407. The lowest BCUT2D eigenvalue weighted by atomic mass is 10.1. The van der Waals surface area contributed by atoms with E-state index in [4.69, 9.17) is 0 Å². The number of aryl methyl sites for hydroxylation is 1. The molecule has 6 heterocycles. The van der Waals surface area contributed by atoms with E-state index in [0.29, 0.717) is 30.1 Å². The Kier molecular flexibility index (Phi) is 5.96. The standard InChI is InChI=1S/C27H26F4N8/c28-18-7-15(8-21-25(18)36-23-6-4-20(26(30)31)39(21)23)24-19(29)12-34-27(37-24)35-22-5-1-14(9-33-22)13-38-16-2-3-17(38)11-32-10-16/h1,5,7-9,12,16-17,20,26,32H,2-4,6,10-11,13H2,(H,33,34,35,37)/t16?,17?,20-/m0/s1. The van der Waals surface area contributed by atoms with Gasteiger partial charge in [-0.25, -0.2) is 37.5 Å². The van der Waals surface area contributed by atoms with E-state index in [-0.39, 0.29) is 34.7 Å². The number of nitrogens with zero attached hydrogens (tertiary/aromatic N) is 6. The minimum atomic E-state index is -2.62. The summed E-state index contributed by atoms with van der Waals surface area (Å²) < 4.78 is 58.4. The topological polar surface area (TPSA) is 83.8 Å². The summed E-state index contributed by atoms with van der Waals surface area (Å²) in [6, 6.07) is 6.41. The first-order valence-electron chi connectivity index (χ1n) is 13.1. The molecule has 2 unspecified atom stereocenters. The van der Waals surface area contributed by atoms with Crippen LogP contribution in [-0.4, -0.2) is 61.0 Å². The monoisotopic (exact) mass is 538 g/mol. The quantitative estimate of drug-likeness (QED) is 0.347. The van der Waals surface area contributed by atoms with Crippen LogP contribution in [0.3, 0.4) is 0 Å². The Morgan fingerprint density at radius 1 is 0.974 bits per heavy atom. The van der Waals surface area contributed by atoms with Crippen LogP contribution in [0.1, 0.15) is 36.7 Å². The first-order valence-corrected chi connectivity index (χ1v) is 13.1. The molecule has 7 rings (SSSR count). The van der Waals surface area contributed by atoms with Gasteiger partial charge in [-0.2, -0.15) is 0 Å². The zero-order valence-corrected chi connectivity index (χ0v) is 20.9. The fourth-order valence-corrected chi connectivity index (χ4v) is 6.20. The molecule has 3 atom stereocenters. The zero-order valence-electron chi connectivity index (χ0n) is 20.9. The van der Waals surface area contributed by atoms with Crippen LogP contribution < -0.4 is 10.6 Å². The van der Waals surface area contributed by atoms with Crippen LogP contribution in [-0.2, 0) is 13.0 Å². The normalized spacial score (nSPS) is 22.6. The lowest BCUT2D eigenvalue weighted by Crippen LogP contribution is -2.51. The third-order valence-corrected chi connectivity index (χ3v) is 8.09. The third-order valence-electron chi connectivity index (χ3n) is 8.09. The van der Waals surface area contributed by atoms with Gasteiger partial charge in [0.25, 0.3) is 6.43 Å². The number of aromatic nitrogens is 5. The molecule has 3 aliphatic heterocycles. The van der Waals surface area contributed by atoms with Crippen molar-refractivity contribution in [3.8, 4) is 11.3 Å². The summed E-state index contributed by atoms with van der Waals surface area (Å²) in [4.78, 5) is 19.5. The molecule has 8 nitrogen and oxygen atoms in total. The average Bonchev–Trinajstić information content (AvgIpc) is 3.56. The number of fused-ring (bicyclic) bond motifs is 5. The summed E-state index contributed by atoms with van der Waals surface area (Å²) >= 11 is 0. The molecule has 1 aromatic carbocycles. The van der Waals surface area contributed by atoms with Gasteiger partial charge in [-0.3, -0.25) is 4.90 Å². The van der Waals surface area contributed by atoms with Crippen molar-refractivity contribution < 1.29 is 17.6 Å². The summed E-state index contributed by atoms with van der Waals surface area (Å²) in [5.74, 6) is -0.526. The Bertz CT molecular complexity index is 1520. The van der Waals surface area contributed by atoms with Crippen molar-refractivity contribution in [3.05, 3.63) is 59.7 Å². The van der Waals surface area contributed by atoms with Crippen LogP contribution in [0.25, 0.3) is 22.3 Å². The van der Waals surface area contributed by atoms with Crippen molar-refractivity contribution in [3.63, 3.8) is 0 Å². The first-order chi connectivity index (χ1) is 18.9. The summed E-state index contributed by atoms with van der Waals surface area (Å²) in [7, 11) is 0. The minimum absolute atomic E-state index is 0.00924. The highest BCUT2D eigenvalue weighted by Crippen LogP contribution is 2.37. The number of nitrogens with one attached hydrogen (secondary N) is 2. The van der Waals surface area contributed by atoms with Gasteiger partial charge in [0.1, 0.15) is 22.9 Å². The number of benzene rings is 1. The molecule has 2 bridgehead atoms. The lowest BCUT2D eigenvalue weighted by molar-refractivity contribution is 0.0883. The van der Waals surface area contributed by atoms with E-state index in [2.05, 4.69) is 35.5 Å². The van der Waals surface area contributed by atoms with Crippen molar-refractivity contribution >= 4 is 22.8 Å². The molecule has 0 aliphatic carbocycles. The number of rotatable bonds is 6. The molecule has 0 saturated carbocycles. The molecule has 2 N–H and O–H groups in total. The maximum absolute atomic E-state index is 15.0. The van der Waals surface area contributed by atoms with Crippen molar-refractivity contribution in [1.82, 2.24) is 34.7 Å². The van der Waals surface area contributed by atoms with Gasteiger partial charge in [0, 0.05) is 49.9 Å². The molecule has 202 valence electrons. The van der Waals surface area contributed by atoms with Crippen molar-refractivity contribution in [1.29, 1.82) is 0 Å². The van der Waals surface area contributed by atoms with Crippen LogP contribution in [0.4, 0.5) is 29.3 Å². The third kappa shape index (κ3) is 4.31. The number of pyridine rings is 1. The predicted octanol–water partition coefficient (Wildman–Crippen LogP) is 4.60. The minimum Gasteiger partial charge on any atom is -0.319 e. The van der Waals surface area contributed by atoms with Gasteiger partial charge in [-0.1, -0.05) is 6.07 Å². The number of piperazine rings is 1. The summed E-state index contributed by atoms with van der Waals surface area (Å²) in [6.07, 6.45) is 3.15. The molecule has 0 radical (unpaired) electrons. The first kappa shape index (κ1) is 24.4. The molecule has 2 saturated heterocycles. The molecule has 3 aromatic heterocycles. The molecule has 0 amide bonds. The predicted molar refractivity (Wildman–Crippen MR) is 137 cm³/mol. The maximum Gasteiger partial charge on any atom is 0.259 e. The fourth-order valence-electron chi connectivity index (χ4n) is 6.20. The number of hydrogen-bond donors (Lipinski definition) is 2. The SMILES string of the molecule is Fc1cnc(Nc2ccc(CN3C4CCC3CNC4)cn2)nc1-c1cc(F)c2nc3n(c2c1)[C@H](C(F)F)CC3. The van der Waals surface area contributed by atoms with E-state index < -0.39 is 24.1 Å². The van der Waals surface area contributed by atoms with Crippen molar-refractivity contribution in [2.75, 3.05) is 18.4 Å². The highest BCUT2D eigenvalue weighted by Gasteiger charge is 2.36. The van der Waals surface area contributed by atoms with E-state index in [1.54, 1.807) is 6.20 Å². The zero-order chi connectivity index (χ0) is 26.7. The molecule has 12 heteroatoms. The van der Waals surface area contributed by atoms with Gasteiger partial charge in [-0.05, 0) is 43.0 Å². The van der Waals surface area contributed by atoms with Gasteiger partial charge in [-0.15, -0.1) is 0 Å². The van der Waals surface area contributed by atoms with Gasteiger partial charge in [0.15, 0.2) is 11.6 Å². The molecule has 39 heavy (non-hydrogen) atoms. The van der Waals surface area contributed by atoms with Crippen LogP contribution in [0, 0.1) is 11.6 Å². The molecular formula is C27H26F4N8. The smallest absolute Gasteiger partial charge is 0.259 e. The molecule has 2 fully saturated rings. The number of hydrogen-bond acceptors (Lipinski definition) is 7. The Morgan fingerprint density at radius 2 is 1.79 bits per heavy atom. The Labute approximate surface area is 221 Å². The Balaban J connectivity index is 1.14. The molecular weight excluding hydrogens is 512 g/mol. The average molecular weight is 539 g/mol. The number of anilines is 2. The number of imidazole rings is 1. The van der Waals surface area contributed by atoms with Gasteiger partial charge >= 0.3 is 0 Å². The maximum atomic E-state index is 15.0. The lowest BCUT2D eigenvalue weighted by Gasteiger charge is -2.35. The van der Waals surface area contributed by atoms with Gasteiger partial charge in [0.05, 0.1) is 17.8 Å². The number of alkyl halides is 2. The van der Waals surface area contributed by atoms with E-state index >= 15 is 0 Å². The largest absolute Gasteiger partial charge is 0.319 e. The van der Waals surface area contributed by atoms with Crippen molar-refractivity contribution in [2.45, 2.75) is 56.8 Å². The molecule has 4 aromatic rings. The van der Waals surface area contributed by atoms with E-state index in [1.807, 2.05) is 12.1 Å². The second-order valence-corrected chi connectivity index (χ2v) is 10.4. The highest BCUT2D eigenvalue weighted by molar-refractivity contribution is 5.83. The second kappa shape index (κ2) is 9.53. The van der Waals surface area contributed by atoms with Crippen LogP contribution >= 0.6 is 0 Å². The van der Waals surface area contributed by atoms with E-state index in [9.17, 15) is 17.6 Å². The Morgan fingerprint density at radius 3 is 2.54 bits per heavy atom. The van der Waals surface area contributed by atoms with Crippen molar-refractivity contribution in [2.24, 2.45) is 0 Å². The van der Waals surface area contributed by atoms with Crippen LogP contribution in [0.5, 0.6) is 0 Å². The van der Waals surface area contributed by atoms with Crippen LogP contribution in [0.15, 0.2) is 36.7 Å². The summed E-state index contributed by atoms with van der Waals surface area (Å²) in [5.41, 5.74) is 1.25. The second-order valence-electron chi connectivity index (χ2n) is 10.4. The molecule has 3 aliphatic rings. The highest BCUT2D eigenvalue weighted by atomic mass is 19.3. The Hall–Kier alpha value is -3.64. The van der Waals surface area contributed by atoms with E-state index in [1.165, 1.54) is 23.5 Å². The van der Waals surface area contributed by atoms with Crippen LogP contribution in [0.2, 0.25) is 0 Å². The molecule has 0 spiro atoms. The summed E-state index contributed by atoms with van der Waals surface area (Å²) in [5, 5.41) is 6.46. The van der Waals surface area contributed by atoms with E-state index in [0.717, 1.165) is 37.5 Å². The number of halogens is 4. The van der Waals surface area contributed by atoms with Gasteiger partial charge in [0.2, 0.25) is 5.95 Å².